The molecule has 1 aliphatic carbocycles. The lowest BCUT2D eigenvalue weighted by atomic mass is 9.71. The first-order valence-electron chi connectivity index (χ1n) is 7.09. The number of aliphatic hydroxyl groups is 1. The van der Waals surface area contributed by atoms with Crippen molar-refractivity contribution in [3.63, 3.8) is 0 Å². The van der Waals surface area contributed by atoms with Crippen molar-refractivity contribution in [3.05, 3.63) is 0 Å². The average Bonchev–Trinajstić information content (AvgIpc) is 2.36. The second-order valence-electron chi connectivity index (χ2n) is 5.57. The van der Waals surface area contributed by atoms with Crippen molar-refractivity contribution in [2.45, 2.75) is 51.4 Å². The number of esters is 2. The number of hydrogen-bond donors (Lipinski definition) is 1. The van der Waals surface area contributed by atoms with Crippen LogP contribution in [-0.2, 0) is 23.8 Å². The monoisotopic (exact) mass is 286 g/mol. The van der Waals surface area contributed by atoms with Crippen LogP contribution in [-0.4, -0.2) is 48.6 Å². The van der Waals surface area contributed by atoms with E-state index < -0.39 is 6.10 Å². The number of fused-ring (bicyclic) bond motifs is 2. The standard InChI is InChI=1S/C14H22O6/c1-8(15)18-6-12-10-4-3-5-11(14(10)17)13(20-12)7-19-9(2)16/h10-14,17H,3-7H2,1-2H3/t10-,11+,12-,13+,14?. The zero-order valence-corrected chi connectivity index (χ0v) is 11.9. The highest BCUT2D eigenvalue weighted by Crippen LogP contribution is 2.40. The van der Waals surface area contributed by atoms with E-state index in [2.05, 4.69) is 0 Å². The molecule has 1 saturated carbocycles. The van der Waals surface area contributed by atoms with Crippen molar-refractivity contribution in [1.29, 1.82) is 0 Å². The first-order valence-corrected chi connectivity index (χ1v) is 7.09. The minimum atomic E-state index is -0.487. The van der Waals surface area contributed by atoms with Crippen molar-refractivity contribution >= 4 is 11.9 Å². The topological polar surface area (TPSA) is 82.1 Å². The predicted molar refractivity (Wildman–Crippen MR) is 68.8 cm³/mol. The number of rotatable bonds is 4. The summed E-state index contributed by atoms with van der Waals surface area (Å²) >= 11 is 0. The Labute approximate surface area is 118 Å². The van der Waals surface area contributed by atoms with Crippen LogP contribution in [0.2, 0.25) is 0 Å². The molecule has 5 atom stereocenters. The first kappa shape index (κ1) is 15.3. The van der Waals surface area contributed by atoms with Crippen LogP contribution in [0.4, 0.5) is 0 Å². The first-order chi connectivity index (χ1) is 9.49. The van der Waals surface area contributed by atoms with E-state index in [4.69, 9.17) is 14.2 Å². The quantitative estimate of drug-likeness (QED) is 0.764. The lowest BCUT2D eigenvalue weighted by Crippen LogP contribution is -2.56. The van der Waals surface area contributed by atoms with Gasteiger partial charge in [-0.1, -0.05) is 6.42 Å². The molecule has 0 aromatic carbocycles. The van der Waals surface area contributed by atoms with E-state index in [-0.39, 0.29) is 49.2 Å². The molecule has 2 rings (SSSR count). The molecule has 2 fully saturated rings. The third-order valence-corrected chi connectivity index (χ3v) is 4.16. The van der Waals surface area contributed by atoms with E-state index in [0.717, 1.165) is 19.3 Å². The van der Waals surface area contributed by atoms with E-state index in [1.54, 1.807) is 0 Å². The fourth-order valence-corrected chi connectivity index (χ4v) is 3.21. The van der Waals surface area contributed by atoms with Crippen LogP contribution in [0.25, 0.3) is 0 Å². The fraction of sp³-hybridized carbons (Fsp3) is 0.857. The van der Waals surface area contributed by atoms with Crippen molar-refractivity contribution in [2.24, 2.45) is 11.8 Å². The summed E-state index contributed by atoms with van der Waals surface area (Å²) < 4.78 is 15.9. The van der Waals surface area contributed by atoms with Gasteiger partial charge in [-0.25, -0.2) is 0 Å². The Bertz CT molecular complexity index is 337. The third-order valence-electron chi connectivity index (χ3n) is 4.16. The Kier molecular flexibility index (Phi) is 4.99. The maximum absolute atomic E-state index is 10.9. The van der Waals surface area contributed by atoms with Crippen molar-refractivity contribution in [3.8, 4) is 0 Å². The van der Waals surface area contributed by atoms with Crippen LogP contribution in [0.1, 0.15) is 33.1 Å². The molecule has 1 heterocycles. The summed E-state index contributed by atoms with van der Waals surface area (Å²) in [5, 5.41) is 10.4. The molecule has 1 saturated heterocycles. The molecular formula is C14H22O6. The molecule has 1 aliphatic heterocycles. The molecule has 114 valence electrons. The SMILES string of the molecule is CC(=O)OC[C@@H]1O[C@H](COC(C)=O)[C@H]2CCC[C@@H]1C2O. The Morgan fingerprint density at radius 3 is 1.90 bits per heavy atom. The minimum absolute atomic E-state index is 0.0123. The molecular weight excluding hydrogens is 264 g/mol. The van der Waals surface area contributed by atoms with E-state index >= 15 is 0 Å². The Morgan fingerprint density at radius 2 is 1.50 bits per heavy atom. The summed E-state index contributed by atoms with van der Waals surface area (Å²) in [4.78, 5) is 21.9. The van der Waals surface area contributed by atoms with Gasteiger partial charge in [0.15, 0.2) is 0 Å². The summed E-state index contributed by atoms with van der Waals surface area (Å²) in [6.07, 6.45) is 1.59. The Morgan fingerprint density at radius 1 is 1.05 bits per heavy atom. The summed E-state index contributed by atoms with van der Waals surface area (Å²) in [7, 11) is 0. The smallest absolute Gasteiger partial charge is 0.302 e. The number of carbonyl (C=O) groups excluding carboxylic acids is 2. The molecule has 0 spiro atoms. The molecule has 0 radical (unpaired) electrons. The predicted octanol–water partition coefficient (Wildman–Crippen LogP) is 0.657. The highest BCUT2D eigenvalue weighted by molar-refractivity contribution is 5.66. The second kappa shape index (κ2) is 6.54. The maximum Gasteiger partial charge on any atom is 0.302 e. The van der Waals surface area contributed by atoms with Crippen LogP contribution >= 0.6 is 0 Å². The highest BCUT2D eigenvalue weighted by Gasteiger charge is 2.47. The highest BCUT2D eigenvalue weighted by atomic mass is 16.6. The van der Waals surface area contributed by atoms with Crippen molar-refractivity contribution in [1.82, 2.24) is 0 Å². The van der Waals surface area contributed by atoms with Crippen LogP contribution in [0, 0.1) is 11.8 Å². The second-order valence-corrected chi connectivity index (χ2v) is 5.57. The molecule has 0 aromatic rings. The number of carbonyl (C=O) groups is 2. The zero-order chi connectivity index (χ0) is 14.7. The van der Waals surface area contributed by atoms with Crippen molar-refractivity contribution < 1.29 is 28.9 Å². The normalized spacial score (nSPS) is 36.2. The van der Waals surface area contributed by atoms with Crippen molar-refractivity contribution in [2.75, 3.05) is 13.2 Å². The van der Waals surface area contributed by atoms with Gasteiger partial charge in [-0.3, -0.25) is 9.59 Å². The van der Waals surface area contributed by atoms with Gasteiger partial charge in [0.25, 0.3) is 0 Å². The molecule has 2 bridgehead atoms. The minimum Gasteiger partial charge on any atom is -0.463 e. The van der Waals surface area contributed by atoms with E-state index in [1.165, 1.54) is 13.8 Å². The lowest BCUT2D eigenvalue weighted by molar-refractivity contribution is -0.216. The summed E-state index contributed by atoms with van der Waals surface area (Å²) in [5.74, 6) is -0.751. The molecule has 0 aromatic heterocycles. The van der Waals surface area contributed by atoms with Gasteiger partial charge in [0.2, 0.25) is 0 Å². The average molecular weight is 286 g/mol. The molecule has 0 amide bonds. The van der Waals surface area contributed by atoms with Crippen LogP contribution < -0.4 is 0 Å². The van der Waals surface area contributed by atoms with E-state index in [0.29, 0.717) is 0 Å². The van der Waals surface area contributed by atoms with Gasteiger partial charge in [-0.05, 0) is 12.8 Å². The Hall–Kier alpha value is -1.14. The van der Waals surface area contributed by atoms with Gasteiger partial charge in [0, 0.05) is 25.7 Å². The number of ether oxygens (including phenoxy) is 3. The van der Waals surface area contributed by atoms with Crippen LogP contribution in [0.15, 0.2) is 0 Å². The summed E-state index contributed by atoms with van der Waals surface area (Å²) in [6, 6.07) is 0. The van der Waals surface area contributed by atoms with Gasteiger partial charge in [-0.2, -0.15) is 0 Å². The molecule has 1 N–H and O–H groups in total. The lowest BCUT2D eigenvalue weighted by Gasteiger charge is -2.48. The van der Waals surface area contributed by atoms with Gasteiger partial charge >= 0.3 is 11.9 Å². The van der Waals surface area contributed by atoms with Crippen LogP contribution in [0.5, 0.6) is 0 Å². The van der Waals surface area contributed by atoms with Gasteiger partial charge in [-0.15, -0.1) is 0 Å². The van der Waals surface area contributed by atoms with E-state index in [9.17, 15) is 14.7 Å². The maximum atomic E-state index is 10.9. The van der Waals surface area contributed by atoms with Crippen LogP contribution in [0.3, 0.4) is 0 Å². The number of aliphatic hydroxyl groups excluding tert-OH is 1. The molecule has 2 aliphatic rings. The molecule has 6 nitrogen and oxygen atoms in total. The Balaban J connectivity index is 2.01. The molecule has 1 unspecified atom stereocenters. The number of hydrogen-bond acceptors (Lipinski definition) is 6. The third kappa shape index (κ3) is 3.49. The largest absolute Gasteiger partial charge is 0.463 e. The molecule has 20 heavy (non-hydrogen) atoms. The van der Waals surface area contributed by atoms with Gasteiger partial charge < -0.3 is 19.3 Å². The van der Waals surface area contributed by atoms with Gasteiger partial charge in [0.1, 0.15) is 13.2 Å². The zero-order valence-electron chi connectivity index (χ0n) is 11.9. The molecule has 6 heteroatoms. The van der Waals surface area contributed by atoms with Gasteiger partial charge in [0.05, 0.1) is 18.3 Å². The fourth-order valence-electron chi connectivity index (χ4n) is 3.21. The van der Waals surface area contributed by atoms with E-state index in [1.807, 2.05) is 0 Å². The summed E-state index contributed by atoms with van der Waals surface area (Å²) in [5.41, 5.74) is 0. The summed E-state index contributed by atoms with van der Waals surface area (Å²) in [6.45, 7) is 2.97.